The molecule has 4 rings (SSSR count). The molecular formula is C18H18N4O. The number of carbonyl (C=O) groups excluding carboxylic acids is 1. The first-order chi connectivity index (χ1) is 11.2. The van der Waals surface area contributed by atoms with Gasteiger partial charge in [-0.25, -0.2) is 0 Å². The summed E-state index contributed by atoms with van der Waals surface area (Å²) in [6.45, 7) is 1.87. The van der Waals surface area contributed by atoms with Crippen LogP contribution in [0.15, 0.2) is 42.6 Å². The molecule has 23 heavy (non-hydrogen) atoms. The highest BCUT2D eigenvalue weighted by Crippen LogP contribution is 2.29. The molecule has 2 aromatic heterocycles. The predicted molar refractivity (Wildman–Crippen MR) is 87.3 cm³/mol. The molecule has 0 aliphatic heterocycles. The van der Waals surface area contributed by atoms with Gasteiger partial charge in [0, 0.05) is 6.20 Å². The van der Waals surface area contributed by atoms with Crippen LogP contribution in [0.2, 0.25) is 0 Å². The molecule has 3 aromatic rings. The van der Waals surface area contributed by atoms with Crippen molar-refractivity contribution < 1.29 is 4.79 Å². The summed E-state index contributed by atoms with van der Waals surface area (Å²) in [5.41, 5.74) is 3.97. The van der Waals surface area contributed by atoms with Crippen molar-refractivity contribution in [2.24, 2.45) is 0 Å². The Morgan fingerprint density at radius 3 is 3.00 bits per heavy atom. The van der Waals surface area contributed by atoms with Crippen LogP contribution >= 0.6 is 0 Å². The molecule has 1 N–H and O–H groups in total. The smallest absolute Gasteiger partial charge is 0.253 e. The summed E-state index contributed by atoms with van der Waals surface area (Å²) in [6, 6.07) is 12.1. The van der Waals surface area contributed by atoms with Crippen molar-refractivity contribution in [3.8, 4) is 0 Å². The van der Waals surface area contributed by atoms with Crippen LogP contribution in [0.1, 0.15) is 46.2 Å². The van der Waals surface area contributed by atoms with Gasteiger partial charge in [-0.1, -0.05) is 24.3 Å². The molecule has 0 saturated carbocycles. The molecule has 0 saturated heterocycles. The second-order valence-electron chi connectivity index (χ2n) is 6.01. The number of pyridine rings is 1. The highest BCUT2D eigenvalue weighted by molar-refractivity contribution is 5.94. The number of rotatable bonds is 2. The maximum atomic E-state index is 12.6. The van der Waals surface area contributed by atoms with Gasteiger partial charge in [-0.05, 0) is 49.4 Å². The molecular weight excluding hydrogens is 288 g/mol. The van der Waals surface area contributed by atoms with Crippen LogP contribution in [-0.4, -0.2) is 20.5 Å². The zero-order valence-electron chi connectivity index (χ0n) is 13.0. The molecule has 0 unspecified atom stereocenters. The van der Waals surface area contributed by atoms with E-state index in [2.05, 4.69) is 33.7 Å². The molecule has 5 heteroatoms. The summed E-state index contributed by atoms with van der Waals surface area (Å²) >= 11 is 0. The van der Waals surface area contributed by atoms with E-state index in [1.165, 1.54) is 11.1 Å². The van der Waals surface area contributed by atoms with Gasteiger partial charge in [-0.2, -0.15) is 0 Å². The van der Waals surface area contributed by atoms with Crippen molar-refractivity contribution in [3.05, 3.63) is 65.1 Å². The van der Waals surface area contributed by atoms with Crippen LogP contribution in [0.3, 0.4) is 0 Å². The minimum absolute atomic E-state index is 0.0540. The van der Waals surface area contributed by atoms with Gasteiger partial charge >= 0.3 is 0 Å². The number of fused-ring (bicyclic) bond motifs is 2. The van der Waals surface area contributed by atoms with Crippen molar-refractivity contribution in [2.45, 2.75) is 32.2 Å². The lowest BCUT2D eigenvalue weighted by molar-refractivity contribution is 0.0932. The van der Waals surface area contributed by atoms with Crippen LogP contribution in [0.25, 0.3) is 5.65 Å². The molecule has 0 spiro atoms. The van der Waals surface area contributed by atoms with E-state index < -0.39 is 0 Å². The van der Waals surface area contributed by atoms with Crippen LogP contribution in [0.4, 0.5) is 0 Å². The Bertz CT molecular complexity index is 884. The Balaban J connectivity index is 1.61. The second kappa shape index (κ2) is 5.50. The van der Waals surface area contributed by atoms with Gasteiger partial charge in [0.05, 0.1) is 11.6 Å². The van der Waals surface area contributed by atoms with Crippen molar-refractivity contribution in [1.29, 1.82) is 0 Å². The fourth-order valence-corrected chi connectivity index (χ4v) is 3.29. The summed E-state index contributed by atoms with van der Waals surface area (Å²) in [7, 11) is 0. The van der Waals surface area contributed by atoms with E-state index >= 15 is 0 Å². The highest BCUT2D eigenvalue weighted by Gasteiger charge is 2.22. The summed E-state index contributed by atoms with van der Waals surface area (Å²) in [5, 5.41) is 11.2. The predicted octanol–water partition coefficient (Wildman–Crippen LogP) is 2.85. The minimum atomic E-state index is -0.0540. The quantitative estimate of drug-likeness (QED) is 0.792. The number of hydrogen-bond acceptors (Lipinski definition) is 3. The van der Waals surface area contributed by atoms with Gasteiger partial charge in [0.25, 0.3) is 5.91 Å². The fraction of sp³-hybridized carbons (Fsp3) is 0.278. The standard InChI is InChI=1S/C18H18N4O/c1-12-20-21-17-10-9-14(11-22(12)17)18(23)19-16-8-4-6-13-5-2-3-7-15(13)16/h2-3,5,7,9-11,16H,4,6,8H2,1H3,(H,19,23)/t16-/m0/s1. The molecule has 0 bridgehead atoms. The Morgan fingerprint density at radius 2 is 2.09 bits per heavy atom. The second-order valence-corrected chi connectivity index (χ2v) is 6.01. The molecule has 0 fully saturated rings. The molecule has 1 aliphatic carbocycles. The van der Waals surface area contributed by atoms with E-state index in [1.807, 2.05) is 23.5 Å². The SMILES string of the molecule is Cc1nnc2ccc(C(=O)N[C@H]3CCCc4ccccc43)cn12. The molecule has 0 radical (unpaired) electrons. The number of amides is 1. The van der Waals surface area contributed by atoms with Gasteiger partial charge in [0.2, 0.25) is 0 Å². The Hall–Kier alpha value is -2.69. The highest BCUT2D eigenvalue weighted by atomic mass is 16.1. The van der Waals surface area contributed by atoms with Crippen LogP contribution in [0.5, 0.6) is 0 Å². The number of aromatic nitrogens is 3. The summed E-state index contributed by atoms with van der Waals surface area (Å²) in [5.74, 6) is 0.722. The fourth-order valence-electron chi connectivity index (χ4n) is 3.29. The van der Waals surface area contributed by atoms with E-state index in [9.17, 15) is 4.79 Å². The number of nitrogens with one attached hydrogen (secondary N) is 1. The third-order valence-electron chi connectivity index (χ3n) is 4.51. The van der Waals surface area contributed by atoms with Crippen LogP contribution in [-0.2, 0) is 6.42 Å². The van der Waals surface area contributed by atoms with E-state index in [1.54, 1.807) is 12.3 Å². The van der Waals surface area contributed by atoms with Gasteiger partial charge in [-0.15, -0.1) is 10.2 Å². The van der Waals surface area contributed by atoms with Gasteiger partial charge in [0.15, 0.2) is 5.65 Å². The third-order valence-corrected chi connectivity index (χ3v) is 4.51. The summed E-state index contributed by atoms with van der Waals surface area (Å²) in [4.78, 5) is 12.6. The lowest BCUT2D eigenvalue weighted by atomic mass is 9.87. The van der Waals surface area contributed by atoms with E-state index in [0.717, 1.165) is 30.7 Å². The molecule has 1 aromatic carbocycles. The average Bonchev–Trinajstić information content (AvgIpc) is 2.96. The molecule has 1 aliphatic rings. The van der Waals surface area contributed by atoms with Crippen LogP contribution < -0.4 is 5.32 Å². The largest absolute Gasteiger partial charge is 0.345 e. The molecule has 1 amide bonds. The topological polar surface area (TPSA) is 59.3 Å². The number of aryl methyl sites for hydroxylation is 2. The van der Waals surface area contributed by atoms with E-state index in [-0.39, 0.29) is 11.9 Å². The van der Waals surface area contributed by atoms with E-state index in [0.29, 0.717) is 5.56 Å². The minimum Gasteiger partial charge on any atom is -0.345 e. The number of carbonyl (C=O) groups is 1. The maximum absolute atomic E-state index is 12.6. The van der Waals surface area contributed by atoms with Crippen molar-refractivity contribution in [1.82, 2.24) is 19.9 Å². The molecule has 5 nitrogen and oxygen atoms in total. The summed E-state index contributed by atoms with van der Waals surface area (Å²) < 4.78 is 1.84. The number of benzene rings is 1. The van der Waals surface area contributed by atoms with Gasteiger partial charge in [0.1, 0.15) is 5.82 Å². The van der Waals surface area contributed by atoms with Gasteiger partial charge < -0.3 is 5.32 Å². The van der Waals surface area contributed by atoms with Crippen molar-refractivity contribution in [2.75, 3.05) is 0 Å². The van der Waals surface area contributed by atoms with E-state index in [4.69, 9.17) is 0 Å². The summed E-state index contributed by atoms with van der Waals surface area (Å²) in [6.07, 6.45) is 4.98. The first-order valence-electron chi connectivity index (χ1n) is 7.92. The average molecular weight is 306 g/mol. The van der Waals surface area contributed by atoms with Crippen molar-refractivity contribution in [3.63, 3.8) is 0 Å². The zero-order chi connectivity index (χ0) is 15.8. The first kappa shape index (κ1) is 13.9. The first-order valence-corrected chi connectivity index (χ1v) is 7.92. The molecule has 2 heterocycles. The lowest BCUT2D eigenvalue weighted by Gasteiger charge is -2.26. The lowest BCUT2D eigenvalue weighted by Crippen LogP contribution is -2.31. The third kappa shape index (κ3) is 2.48. The number of hydrogen-bond donors (Lipinski definition) is 1. The normalized spacial score (nSPS) is 17.0. The molecule has 116 valence electrons. The maximum Gasteiger partial charge on any atom is 0.253 e. The number of nitrogens with zero attached hydrogens (tertiary/aromatic N) is 3. The Kier molecular flexibility index (Phi) is 3.33. The van der Waals surface area contributed by atoms with Gasteiger partial charge in [-0.3, -0.25) is 9.20 Å². The molecule has 1 atom stereocenters. The Morgan fingerprint density at radius 1 is 1.22 bits per heavy atom. The monoisotopic (exact) mass is 306 g/mol. The van der Waals surface area contributed by atoms with Crippen molar-refractivity contribution >= 4 is 11.6 Å². The zero-order valence-corrected chi connectivity index (χ0v) is 13.0. The Labute approximate surface area is 134 Å². The van der Waals surface area contributed by atoms with Crippen LogP contribution in [0, 0.1) is 6.92 Å².